The van der Waals surface area contributed by atoms with Crippen LogP contribution >= 0.6 is 0 Å². The first-order chi connectivity index (χ1) is 8.62. The van der Waals surface area contributed by atoms with E-state index in [0.29, 0.717) is 19.0 Å². The van der Waals surface area contributed by atoms with Crippen LogP contribution in [0.25, 0.3) is 0 Å². The molecular weight excluding hydrogens is 250 g/mol. The lowest BCUT2D eigenvalue weighted by Gasteiger charge is -2.21. The van der Waals surface area contributed by atoms with Crippen LogP contribution in [-0.4, -0.2) is 24.7 Å². The Hall–Kier alpha value is -0.880. The number of aromatic nitrogens is 2. The predicted octanol–water partition coefficient (Wildman–Crippen LogP) is 1.76. The van der Waals surface area contributed by atoms with Gasteiger partial charge in [0.15, 0.2) is 0 Å². The first-order valence-electron chi connectivity index (χ1n) is 6.64. The van der Waals surface area contributed by atoms with E-state index in [-0.39, 0.29) is 4.90 Å². The fourth-order valence-corrected chi connectivity index (χ4v) is 3.43. The van der Waals surface area contributed by atoms with Gasteiger partial charge in [0, 0.05) is 19.3 Å². The van der Waals surface area contributed by atoms with Crippen molar-refractivity contribution in [2.24, 2.45) is 5.92 Å². The summed E-state index contributed by atoms with van der Waals surface area (Å²) in [5.74, 6) is 0.495. The van der Waals surface area contributed by atoms with Gasteiger partial charge in [0.2, 0.25) is 10.0 Å². The maximum absolute atomic E-state index is 12.0. The van der Waals surface area contributed by atoms with E-state index in [1.54, 1.807) is 10.9 Å². The summed E-state index contributed by atoms with van der Waals surface area (Å²) in [7, 11) is -3.38. The summed E-state index contributed by atoms with van der Waals surface area (Å²) < 4.78 is 28.4. The minimum absolute atomic E-state index is 0.264. The molecule has 0 radical (unpaired) electrons. The zero-order chi connectivity index (χ0) is 13.0. The van der Waals surface area contributed by atoms with Crippen LogP contribution in [-0.2, 0) is 16.6 Å². The summed E-state index contributed by atoms with van der Waals surface area (Å²) in [6.45, 7) is 3.16. The van der Waals surface area contributed by atoms with Crippen molar-refractivity contribution >= 4 is 10.0 Å². The minimum Gasteiger partial charge on any atom is -0.272 e. The van der Waals surface area contributed by atoms with Crippen molar-refractivity contribution in [2.75, 3.05) is 6.54 Å². The second-order valence-electron chi connectivity index (χ2n) is 4.89. The summed E-state index contributed by atoms with van der Waals surface area (Å²) in [5, 5.41) is 3.99. The van der Waals surface area contributed by atoms with E-state index in [1.165, 1.54) is 25.5 Å². The Bertz CT molecular complexity index is 475. The lowest BCUT2D eigenvalue weighted by Crippen LogP contribution is -2.30. The molecule has 1 aliphatic carbocycles. The van der Waals surface area contributed by atoms with E-state index >= 15 is 0 Å². The molecule has 5 nitrogen and oxygen atoms in total. The molecule has 0 atom stereocenters. The summed E-state index contributed by atoms with van der Waals surface area (Å²) >= 11 is 0. The number of nitrogens with zero attached hydrogens (tertiary/aromatic N) is 2. The van der Waals surface area contributed by atoms with Crippen molar-refractivity contribution in [3.05, 3.63) is 12.4 Å². The van der Waals surface area contributed by atoms with Crippen LogP contribution in [0.5, 0.6) is 0 Å². The number of nitrogens with one attached hydrogen (secondary N) is 1. The third-order valence-electron chi connectivity index (χ3n) is 3.53. The van der Waals surface area contributed by atoms with Gasteiger partial charge in [-0.1, -0.05) is 19.3 Å². The third kappa shape index (κ3) is 3.32. The normalized spacial score (nSPS) is 18.1. The Labute approximate surface area is 109 Å². The molecule has 0 unspecified atom stereocenters. The predicted molar refractivity (Wildman–Crippen MR) is 69.7 cm³/mol. The summed E-state index contributed by atoms with van der Waals surface area (Å²) in [4.78, 5) is 0.264. The Kier molecular flexibility index (Phi) is 4.40. The Morgan fingerprint density at radius 3 is 2.72 bits per heavy atom. The molecule has 1 saturated carbocycles. The zero-order valence-electron chi connectivity index (χ0n) is 10.8. The van der Waals surface area contributed by atoms with Crippen LogP contribution in [0.2, 0.25) is 0 Å². The van der Waals surface area contributed by atoms with Crippen LogP contribution in [0.4, 0.5) is 0 Å². The molecule has 1 aromatic rings. The maximum Gasteiger partial charge on any atom is 0.243 e. The topological polar surface area (TPSA) is 64.0 Å². The molecule has 0 spiro atoms. The number of sulfonamides is 1. The number of hydrogen-bond donors (Lipinski definition) is 1. The molecule has 0 bridgehead atoms. The summed E-state index contributed by atoms with van der Waals surface area (Å²) in [6, 6.07) is 0. The molecule has 2 rings (SSSR count). The van der Waals surface area contributed by atoms with E-state index in [9.17, 15) is 8.42 Å². The van der Waals surface area contributed by atoms with E-state index in [4.69, 9.17) is 0 Å². The monoisotopic (exact) mass is 271 g/mol. The highest BCUT2D eigenvalue weighted by Crippen LogP contribution is 2.23. The average molecular weight is 271 g/mol. The van der Waals surface area contributed by atoms with Crippen LogP contribution in [0.3, 0.4) is 0 Å². The first-order valence-corrected chi connectivity index (χ1v) is 8.12. The fourth-order valence-electron chi connectivity index (χ4n) is 2.36. The van der Waals surface area contributed by atoms with Crippen LogP contribution in [0.1, 0.15) is 39.0 Å². The highest BCUT2D eigenvalue weighted by atomic mass is 32.2. The Balaban J connectivity index is 1.94. The number of hydrogen-bond acceptors (Lipinski definition) is 3. The fraction of sp³-hybridized carbons (Fsp3) is 0.750. The van der Waals surface area contributed by atoms with E-state index < -0.39 is 10.0 Å². The molecule has 1 aromatic heterocycles. The molecule has 6 heteroatoms. The van der Waals surface area contributed by atoms with E-state index in [1.807, 2.05) is 6.92 Å². The number of rotatable bonds is 5. The van der Waals surface area contributed by atoms with Gasteiger partial charge in [0.25, 0.3) is 0 Å². The molecule has 0 aliphatic heterocycles. The molecular formula is C12H21N3O2S. The molecule has 0 saturated heterocycles. The minimum atomic E-state index is -3.38. The SMILES string of the molecule is CCn1cc(S(=O)(=O)NCC2CCCCC2)cn1. The Morgan fingerprint density at radius 2 is 2.11 bits per heavy atom. The first kappa shape index (κ1) is 13.5. The summed E-state index contributed by atoms with van der Waals surface area (Å²) in [6.07, 6.45) is 8.98. The largest absolute Gasteiger partial charge is 0.272 e. The molecule has 1 fully saturated rings. The van der Waals surface area contributed by atoms with Crippen LogP contribution < -0.4 is 4.72 Å². The van der Waals surface area contributed by atoms with Crippen molar-refractivity contribution in [2.45, 2.75) is 50.5 Å². The summed E-state index contributed by atoms with van der Waals surface area (Å²) in [5.41, 5.74) is 0. The standard InChI is InChI=1S/C12H21N3O2S/c1-2-15-10-12(9-13-15)18(16,17)14-8-11-6-4-3-5-7-11/h9-11,14H,2-8H2,1H3. The average Bonchev–Trinajstić information content (AvgIpc) is 2.87. The highest BCUT2D eigenvalue weighted by molar-refractivity contribution is 7.89. The van der Waals surface area contributed by atoms with Gasteiger partial charge in [-0.05, 0) is 25.7 Å². The van der Waals surface area contributed by atoms with Crippen molar-refractivity contribution in [1.82, 2.24) is 14.5 Å². The van der Waals surface area contributed by atoms with Gasteiger partial charge in [-0.3, -0.25) is 4.68 Å². The molecule has 0 aromatic carbocycles. The molecule has 1 N–H and O–H groups in total. The molecule has 18 heavy (non-hydrogen) atoms. The van der Waals surface area contributed by atoms with Gasteiger partial charge in [0.05, 0.1) is 6.20 Å². The van der Waals surface area contributed by atoms with Crippen LogP contribution in [0, 0.1) is 5.92 Å². The van der Waals surface area contributed by atoms with Crippen molar-refractivity contribution < 1.29 is 8.42 Å². The molecule has 1 heterocycles. The van der Waals surface area contributed by atoms with Gasteiger partial charge in [0.1, 0.15) is 4.90 Å². The van der Waals surface area contributed by atoms with Crippen LogP contribution in [0.15, 0.2) is 17.3 Å². The lowest BCUT2D eigenvalue weighted by molar-refractivity contribution is 0.357. The van der Waals surface area contributed by atoms with Gasteiger partial charge < -0.3 is 0 Å². The lowest BCUT2D eigenvalue weighted by atomic mass is 9.90. The van der Waals surface area contributed by atoms with Crippen molar-refractivity contribution in [3.8, 4) is 0 Å². The third-order valence-corrected chi connectivity index (χ3v) is 4.91. The maximum atomic E-state index is 12.0. The van der Waals surface area contributed by atoms with Gasteiger partial charge in [-0.2, -0.15) is 5.10 Å². The number of aryl methyl sites for hydroxylation is 1. The second-order valence-corrected chi connectivity index (χ2v) is 6.65. The van der Waals surface area contributed by atoms with Gasteiger partial charge in [-0.15, -0.1) is 0 Å². The zero-order valence-corrected chi connectivity index (χ0v) is 11.6. The molecule has 1 aliphatic rings. The van der Waals surface area contributed by atoms with E-state index in [2.05, 4.69) is 9.82 Å². The molecule has 102 valence electrons. The highest BCUT2D eigenvalue weighted by Gasteiger charge is 2.19. The quantitative estimate of drug-likeness (QED) is 0.887. The second kappa shape index (κ2) is 5.84. The molecule has 0 amide bonds. The smallest absolute Gasteiger partial charge is 0.243 e. The van der Waals surface area contributed by atoms with Crippen molar-refractivity contribution in [3.63, 3.8) is 0 Å². The van der Waals surface area contributed by atoms with Gasteiger partial charge in [-0.25, -0.2) is 13.1 Å². The van der Waals surface area contributed by atoms with E-state index in [0.717, 1.165) is 12.8 Å². The van der Waals surface area contributed by atoms with Crippen molar-refractivity contribution in [1.29, 1.82) is 0 Å². The Morgan fingerprint density at radius 1 is 1.39 bits per heavy atom. The van der Waals surface area contributed by atoms with Gasteiger partial charge >= 0.3 is 0 Å².